The van der Waals surface area contributed by atoms with Crippen molar-refractivity contribution in [2.45, 2.75) is 6.10 Å². The average Bonchev–Trinajstić information content (AvgIpc) is 3.25. The average molecular weight is 370 g/mol. The second kappa shape index (κ2) is 5.98. The lowest BCUT2D eigenvalue weighted by molar-refractivity contribution is 0.0458. The van der Waals surface area contributed by atoms with Crippen molar-refractivity contribution in [3.05, 3.63) is 70.8 Å². The molecule has 1 aromatic heterocycles. The number of benzene rings is 2. The Morgan fingerprint density at radius 1 is 0.870 bits per heavy atom. The highest BCUT2D eigenvalue weighted by molar-refractivity contribution is 9.11. The van der Waals surface area contributed by atoms with Gasteiger partial charge in [0, 0.05) is 11.1 Å². The molecular weight excluding hydrogens is 358 g/mol. The summed E-state index contributed by atoms with van der Waals surface area (Å²) in [5.74, 6) is 1.01. The van der Waals surface area contributed by atoms with Gasteiger partial charge in [-0.25, -0.2) is 0 Å². The molecule has 1 aliphatic heterocycles. The molecule has 3 aromatic rings. The first-order valence-electron chi connectivity index (χ1n) is 7.08. The molecule has 0 radical (unpaired) electrons. The summed E-state index contributed by atoms with van der Waals surface area (Å²) in [4.78, 5) is 5.42. The van der Waals surface area contributed by atoms with Crippen LogP contribution >= 0.6 is 15.9 Å². The van der Waals surface area contributed by atoms with E-state index in [-0.39, 0.29) is 6.10 Å². The summed E-state index contributed by atoms with van der Waals surface area (Å²) in [5, 5.41) is 8.23. The first-order valence-corrected chi connectivity index (χ1v) is 7.87. The van der Waals surface area contributed by atoms with Gasteiger partial charge in [-0.05, 0) is 51.8 Å². The van der Waals surface area contributed by atoms with Crippen molar-refractivity contribution in [1.82, 2.24) is 15.7 Å². The number of hydrogen-bond donors (Lipinski definition) is 1. The summed E-state index contributed by atoms with van der Waals surface area (Å²) in [6, 6.07) is 17.6. The van der Waals surface area contributed by atoms with Crippen LogP contribution in [0.5, 0.6) is 0 Å². The highest BCUT2D eigenvalue weighted by Gasteiger charge is 2.17. The maximum Gasteiger partial charge on any atom is 0.248 e. The number of hydrogen-bond acceptors (Lipinski definition) is 5. The second-order valence-electron chi connectivity index (χ2n) is 5.06. The Bertz CT molecular complexity index is 844. The maximum atomic E-state index is 5.75. The van der Waals surface area contributed by atoms with Crippen molar-refractivity contribution in [3.63, 3.8) is 0 Å². The van der Waals surface area contributed by atoms with E-state index >= 15 is 0 Å². The highest BCUT2D eigenvalue weighted by atomic mass is 79.9. The molecule has 0 saturated carbocycles. The van der Waals surface area contributed by atoms with E-state index in [1.54, 1.807) is 0 Å². The minimum atomic E-state index is -0.110. The van der Waals surface area contributed by atoms with E-state index in [0.29, 0.717) is 11.8 Å². The zero-order valence-electron chi connectivity index (χ0n) is 11.9. The third-order valence-corrected chi connectivity index (χ3v) is 3.94. The predicted octanol–water partition coefficient (Wildman–Crippen LogP) is 4.22. The first kappa shape index (κ1) is 14.2. The van der Waals surface area contributed by atoms with E-state index in [1.165, 1.54) is 0 Å². The molecule has 0 aliphatic carbocycles. The normalized spacial score (nSPS) is 16.9. The molecule has 4 rings (SSSR count). The molecule has 2 heterocycles. The van der Waals surface area contributed by atoms with Gasteiger partial charge in [-0.15, -0.1) is 10.2 Å². The van der Waals surface area contributed by atoms with Crippen LogP contribution in [0.15, 0.2) is 69.7 Å². The van der Waals surface area contributed by atoms with Crippen LogP contribution in [0.25, 0.3) is 22.9 Å². The Hall–Kier alpha value is -2.44. The Balaban J connectivity index is 1.58. The monoisotopic (exact) mass is 369 g/mol. The lowest BCUT2D eigenvalue weighted by Crippen LogP contribution is -2.05. The molecule has 23 heavy (non-hydrogen) atoms. The fraction of sp³-hybridized carbons (Fsp3) is 0.0588. The number of nitrogens with zero attached hydrogens (tertiary/aromatic N) is 2. The van der Waals surface area contributed by atoms with Gasteiger partial charge in [0.15, 0.2) is 0 Å². The van der Waals surface area contributed by atoms with E-state index in [2.05, 4.69) is 31.6 Å². The summed E-state index contributed by atoms with van der Waals surface area (Å²) < 4.78 is 6.58. The number of hydroxylamine groups is 1. The lowest BCUT2D eigenvalue weighted by Gasteiger charge is -2.07. The topological polar surface area (TPSA) is 60.2 Å². The zero-order chi connectivity index (χ0) is 15.6. The first-order chi connectivity index (χ1) is 11.3. The molecule has 2 aromatic carbocycles. The minimum absolute atomic E-state index is 0.110. The van der Waals surface area contributed by atoms with Crippen molar-refractivity contribution in [2.24, 2.45) is 0 Å². The standard InChI is InChI=1S/C17H12BrN3O2/c18-15-10-14(23-21-15)11-6-8-13(9-7-11)17-20-19-16(22-17)12-4-2-1-3-5-12/h1-10,14,21H. The van der Waals surface area contributed by atoms with Crippen molar-refractivity contribution in [1.29, 1.82) is 0 Å². The van der Waals surface area contributed by atoms with Gasteiger partial charge in [0.2, 0.25) is 11.8 Å². The molecule has 1 aliphatic rings. The molecule has 0 spiro atoms. The molecule has 5 nitrogen and oxygen atoms in total. The Labute approximate surface area is 141 Å². The van der Waals surface area contributed by atoms with Crippen LogP contribution in [-0.2, 0) is 4.84 Å². The smallest absolute Gasteiger partial charge is 0.248 e. The van der Waals surface area contributed by atoms with Crippen LogP contribution in [0.1, 0.15) is 11.7 Å². The number of aromatic nitrogens is 2. The maximum absolute atomic E-state index is 5.75. The third kappa shape index (κ3) is 2.91. The molecule has 0 amide bonds. The van der Waals surface area contributed by atoms with E-state index in [9.17, 15) is 0 Å². The van der Waals surface area contributed by atoms with E-state index in [4.69, 9.17) is 9.25 Å². The SMILES string of the molecule is BrC1=CC(c2ccc(-c3nnc(-c4ccccc4)o3)cc2)ON1. The van der Waals surface area contributed by atoms with Crippen molar-refractivity contribution >= 4 is 15.9 Å². The molecule has 1 unspecified atom stereocenters. The van der Waals surface area contributed by atoms with Gasteiger partial charge in [-0.3, -0.25) is 10.3 Å². The van der Waals surface area contributed by atoms with Crippen LogP contribution in [-0.4, -0.2) is 10.2 Å². The molecule has 0 bridgehead atoms. The Morgan fingerprint density at radius 3 is 2.13 bits per heavy atom. The summed E-state index contributed by atoms with van der Waals surface area (Å²) in [6.07, 6.45) is 1.84. The summed E-state index contributed by atoms with van der Waals surface area (Å²) in [5.41, 5.74) is 5.59. The van der Waals surface area contributed by atoms with Crippen LogP contribution in [0.4, 0.5) is 0 Å². The molecular formula is C17H12BrN3O2. The van der Waals surface area contributed by atoms with Crippen LogP contribution in [0.3, 0.4) is 0 Å². The zero-order valence-corrected chi connectivity index (χ0v) is 13.5. The number of halogens is 1. The fourth-order valence-corrected chi connectivity index (χ4v) is 2.67. The molecule has 114 valence electrons. The van der Waals surface area contributed by atoms with E-state index < -0.39 is 0 Å². The minimum Gasteiger partial charge on any atom is -0.416 e. The third-order valence-electron chi connectivity index (χ3n) is 3.51. The summed E-state index contributed by atoms with van der Waals surface area (Å²) >= 11 is 3.34. The van der Waals surface area contributed by atoms with Gasteiger partial charge in [0.05, 0.1) is 0 Å². The molecule has 1 N–H and O–H groups in total. The quantitative estimate of drug-likeness (QED) is 0.700. The van der Waals surface area contributed by atoms with Gasteiger partial charge in [0.25, 0.3) is 0 Å². The Morgan fingerprint density at radius 2 is 1.52 bits per heavy atom. The van der Waals surface area contributed by atoms with Crippen LogP contribution in [0.2, 0.25) is 0 Å². The van der Waals surface area contributed by atoms with Crippen molar-refractivity contribution < 1.29 is 9.25 Å². The number of nitrogens with one attached hydrogen (secondary N) is 1. The second-order valence-corrected chi connectivity index (χ2v) is 5.91. The van der Waals surface area contributed by atoms with E-state index in [1.807, 2.05) is 60.7 Å². The van der Waals surface area contributed by atoms with Crippen LogP contribution < -0.4 is 5.48 Å². The van der Waals surface area contributed by atoms with Gasteiger partial charge in [0.1, 0.15) is 10.7 Å². The largest absolute Gasteiger partial charge is 0.416 e. The van der Waals surface area contributed by atoms with E-state index in [0.717, 1.165) is 21.3 Å². The molecule has 1 atom stereocenters. The fourth-order valence-electron chi connectivity index (χ4n) is 2.34. The Kier molecular flexibility index (Phi) is 3.69. The van der Waals surface area contributed by atoms with Gasteiger partial charge >= 0.3 is 0 Å². The lowest BCUT2D eigenvalue weighted by atomic mass is 10.1. The molecule has 0 fully saturated rings. The van der Waals surface area contributed by atoms with Crippen molar-refractivity contribution in [2.75, 3.05) is 0 Å². The van der Waals surface area contributed by atoms with Crippen LogP contribution in [0, 0.1) is 0 Å². The van der Waals surface area contributed by atoms with Gasteiger partial charge in [-0.1, -0.05) is 30.3 Å². The number of rotatable bonds is 3. The summed E-state index contributed by atoms with van der Waals surface area (Å²) in [7, 11) is 0. The van der Waals surface area contributed by atoms with Gasteiger partial charge in [-0.2, -0.15) is 0 Å². The summed E-state index contributed by atoms with van der Waals surface area (Å²) in [6.45, 7) is 0. The van der Waals surface area contributed by atoms with Crippen molar-refractivity contribution in [3.8, 4) is 22.9 Å². The molecule has 6 heteroatoms. The molecule has 0 saturated heterocycles. The highest BCUT2D eigenvalue weighted by Crippen LogP contribution is 2.29. The van der Waals surface area contributed by atoms with Gasteiger partial charge < -0.3 is 4.42 Å². The predicted molar refractivity (Wildman–Crippen MR) is 89.1 cm³/mol.